The van der Waals surface area contributed by atoms with Crippen molar-refractivity contribution in [3.63, 3.8) is 0 Å². The number of rotatable bonds is 7. The van der Waals surface area contributed by atoms with Crippen molar-refractivity contribution in [1.82, 2.24) is 9.97 Å². The molecular weight excluding hydrogens is 320 g/mol. The Labute approximate surface area is 127 Å². The number of aromatic nitrogens is 2. The molecule has 2 aromatic rings. The van der Waals surface area contributed by atoms with Crippen molar-refractivity contribution in [2.45, 2.75) is 6.42 Å². The maximum Gasteiger partial charge on any atom is 0.112 e. The monoisotopic (exact) mass is 338 g/mol. The van der Waals surface area contributed by atoms with Crippen LogP contribution in [-0.4, -0.2) is 43.3 Å². The molecule has 0 amide bonds. The van der Waals surface area contributed by atoms with Gasteiger partial charge < -0.3 is 15.4 Å². The number of halogens is 1. The number of nitrogens with zero attached hydrogens (tertiary/aromatic N) is 3. The Hall–Kier alpha value is -1.24. The van der Waals surface area contributed by atoms with E-state index in [9.17, 15) is 0 Å². The van der Waals surface area contributed by atoms with Gasteiger partial charge >= 0.3 is 0 Å². The van der Waals surface area contributed by atoms with Gasteiger partial charge in [-0.3, -0.25) is 9.97 Å². The molecule has 0 aromatic carbocycles. The van der Waals surface area contributed by atoms with Gasteiger partial charge in [0.2, 0.25) is 0 Å². The summed E-state index contributed by atoms with van der Waals surface area (Å²) in [5, 5.41) is 0. The summed E-state index contributed by atoms with van der Waals surface area (Å²) in [6, 6.07) is 3.97. The third-order valence-corrected chi connectivity index (χ3v) is 3.49. The number of pyridine rings is 2. The summed E-state index contributed by atoms with van der Waals surface area (Å²) in [6.07, 6.45) is 4.54. The number of hydrogen-bond acceptors (Lipinski definition) is 5. The maximum absolute atomic E-state index is 5.62. The lowest BCUT2D eigenvalue weighted by Crippen LogP contribution is -2.30. The third kappa shape index (κ3) is 3.65. The van der Waals surface area contributed by atoms with Crippen LogP contribution < -0.4 is 10.6 Å². The summed E-state index contributed by atoms with van der Waals surface area (Å²) in [4.78, 5) is 11.1. The minimum atomic E-state index is 0.672. The number of methoxy groups -OCH3 is 1. The second kappa shape index (κ2) is 7.52. The summed E-state index contributed by atoms with van der Waals surface area (Å²) >= 11 is 3.43. The predicted octanol–water partition coefficient (Wildman–Crippen LogP) is 2.19. The molecule has 0 aliphatic carbocycles. The van der Waals surface area contributed by atoms with Crippen LogP contribution in [0.3, 0.4) is 0 Å². The fourth-order valence-corrected chi connectivity index (χ4v) is 2.40. The first-order chi connectivity index (χ1) is 9.76. The molecule has 0 fully saturated rings. The van der Waals surface area contributed by atoms with E-state index in [0.29, 0.717) is 13.2 Å². The third-order valence-electron chi connectivity index (χ3n) is 3.06. The van der Waals surface area contributed by atoms with Crippen LogP contribution in [0.1, 0.15) is 6.42 Å². The molecule has 0 saturated carbocycles. The predicted molar refractivity (Wildman–Crippen MR) is 85.0 cm³/mol. The second-order valence-electron chi connectivity index (χ2n) is 4.47. The first-order valence-electron chi connectivity index (χ1n) is 6.60. The molecule has 20 heavy (non-hydrogen) atoms. The average Bonchev–Trinajstić information content (AvgIpc) is 2.47. The molecule has 108 valence electrons. The molecule has 0 aliphatic heterocycles. The highest BCUT2D eigenvalue weighted by Crippen LogP contribution is 2.25. The zero-order chi connectivity index (χ0) is 14.4. The van der Waals surface area contributed by atoms with Gasteiger partial charge in [0.25, 0.3) is 0 Å². The van der Waals surface area contributed by atoms with E-state index in [1.54, 1.807) is 13.3 Å². The van der Waals surface area contributed by atoms with Crippen molar-refractivity contribution < 1.29 is 4.74 Å². The Morgan fingerprint density at radius 2 is 2.20 bits per heavy atom. The van der Waals surface area contributed by atoms with Gasteiger partial charge in [-0.25, -0.2) is 0 Å². The number of ether oxygens (including phenoxy) is 1. The molecule has 5 nitrogen and oxygen atoms in total. The molecule has 0 atom stereocenters. The fourth-order valence-electron chi connectivity index (χ4n) is 2.08. The van der Waals surface area contributed by atoms with E-state index in [-0.39, 0.29) is 0 Å². The first kappa shape index (κ1) is 15.2. The van der Waals surface area contributed by atoms with Crippen molar-refractivity contribution in [3.05, 3.63) is 29.0 Å². The molecule has 2 aromatic heterocycles. The number of hydrogen-bond donors (Lipinski definition) is 1. The van der Waals surface area contributed by atoms with Gasteiger partial charge in [0, 0.05) is 37.1 Å². The number of anilines is 1. The fraction of sp³-hybridized carbons (Fsp3) is 0.429. The van der Waals surface area contributed by atoms with Crippen molar-refractivity contribution in [2.75, 3.05) is 38.3 Å². The van der Waals surface area contributed by atoms with Crippen molar-refractivity contribution >= 4 is 32.7 Å². The van der Waals surface area contributed by atoms with E-state index in [0.717, 1.165) is 40.7 Å². The van der Waals surface area contributed by atoms with E-state index in [1.165, 1.54) is 0 Å². The number of fused-ring (bicyclic) bond motifs is 1. The summed E-state index contributed by atoms with van der Waals surface area (Å²) in [6.45, 7) is 3.04. The molecule has 2 rings (SSSR count). The lowest BCUT2D eigenvalue weighted by atomic mass is 10.2. The van der Waals surface area contributed by atoms with Crippen LogP contribution in [0.15, 0.2) is 29.0 Å². The normalized spacial score (nSPS) is 10.9. The van der Waals surface area contributed by atoms with E-state index in [4.69, 9.17) is 10.5 Å². The van der Waals surface area contributed by atoms with Crippen LogP contribution in [-0.2, 0) is 4.74 Å². The SMILES string of the molecule is COCCN(CCCN)c1ccnc2cc(Br)cnc12. The summed E-state index contributed by atoms with van der Waals surface area (Å²) < 4.78 is 6.12. The van der Waals surface area contributed by atoms with Crippen molar-refractivity contribution in [3.8, 4) is 0 Å². The van der Waals surface area contributed by atoms with Crippen LogP contribution in [0.5, 0.6) is 0 Å². The first-order valence-corrected chi connectivity index (χ1v) is 7.39. The Morgan fingerprint density at radius 1 is 1.35 bits per heavy atom. The average molecular weight is 339 g/mol. The van der Waals surface area contributed by atoms with Gasteiger partial charge in [0.15, 0.2) is 0 Å². The van der Waals surface area contributed by atoms with Gasteiger partial charge in [0.05, 0.1) is 17.8 Å². The molecule has 0 saturated heterocycles. The molecule has 2 N–H and O–H groups in total. The van der Waals surface area contributed by atoms with Gasteiger partial charge in [-0.05, 0) is 41.0 Å². The number of nitrogens with two attached hydrogens (primary N) is 1. The van der Waals surface area contributed by atoms with E-state index in [1.807, 2.05) is 18.3 Å². The Kier molecular flexibility index (Phi) is 5.70. The highest BCUT2D eigenvalue weighted by Gasteiger charge is 2.11. The quantitative estimate of drug-likeness (QED) is 0.838. The molecule has 0 bridgehead atoms. The van der Waals surface area contributed by atoms with Crippen LogP contribution in [0.25, 0.3) is 11.0 Å². The molecular formula is C14H19BrN4O. The van der Waals surface area contributed by atoms with Gasteiger partial charge in [-0.2, -0.15) is 0 Å². The highest BCUT2D eigenvalue weighted by molar-refractivity contribution is 9.10. The zero-order valence-corrected chi connectivity index (χ0v) is 13.1. The second-order valence-corrected chi connectivity index (χ2v) is 5.39. The van der Waals surface area contributed by atoms with E-state index in [2.05, 4.69) is 30.8 Å². The molecule has 0 unspecified atom stereocenters. The highest BCUT2D eigenvalue weighted by atomic mass is 79.9. The minimum Gasteiger partial charge on any atom is -0.383 e. The smallest absolute Gasteiger partial charge is 0.112 e. The lowest BCUT2D eigenvalue weighted by molar-refractivity contribution is 0.205. The van der Waals surface area contributed by atoms with Crippen LogP contribution in [0.2, 0.25) is 0 Å². The Balaban J connectivity index is 2.35. The Morgan fingerprint density at radius 3 is 2.95 bits per heavy atom. The van der Waals surface area contributed by atoms with Crippen LogP contribution in [0, 0.1) is 0 Å². The maximum atomic E-state index is 5.62. The Bertz CT molecular complexity index is 556. The molecule has 0 radical (unpaired) electrons. The summed E-state index contributed by atoms with van der Waals surface area (Å²) in [7, 11) is 1.71. The standard InChI is InChI=1S/C14H19BrN4O/c1-20-8-7-19(6-2-4-16)13-3-5-17-12-9-11(15)10-18-14(12)13/h3,5,9-10H,2,4,6-8,16H2,1H3. The minimum absolute atomic E-state index is 0.672. The summed E-state index contributed by atoms with van der Waals surface area (Å²) in [5.74, 6) is 0. The molecule has 0 aliphatic rings. The van der Waals surface area contributed by atoms with Gasteiger partial charge in [-0.15, -0.1) is 0 Å². The van der Waals surface area contributed by atoms with Gasteiger partial charge in [0.1, 0.15) is 5.52 Å². The largest absolute Gasteiger partial charge is 0.383 e. The lowest BCUT2D eigenvalue weighted by Gasteiger charge is -2.25. The van der Waals surface area contributed by atoms with Crippen molar-refractivity contribution in [2.24, 2.45) is 5.73 Å². The van der Waals surface area contributed by atoms with Gasteiger partial charge in [-0.1, -0.05) is 0 Å². The van der Waals surface area contributed by atoms with Crippen LogP contribution in [0.4, 0.5) is 5.69 Å². The van der Waals surface area contributed by atoms with E-state index < -0.39 is 0 Å². The summed E-state index contributed by atoms with van der Waals surface area (Å²) in [5.41, 5.74) is 8.49. The molecule has 0 spiro atoms. The van der Waals surface area contributed by atoms with Crippen LogP contribution >= 0.6 is 15.9 Å². The topological polar surface area (TPSA) is 64.3 Å². The molecule has 2 heterocycles. The zero-order valence-electron chi connectivity index (χ0n) is 11.6. The van der Waals surface area contributed by atoms with E-state index >= 15 is 0 Å². The van der Waals surface area contributed by atoms with Crippen molar-refractivity contribution in [1.29, 1.82) is 0 Å². The molecule has 6 heteroatoms.